The van der Waals surface area contributed by atoms with Crippen LogP contribution < -0.4 is 9.47 Å². The van der Waals surface area contributed by atoms with Gasteiger partial charge in [-0.2, -0.15) is 0 Å². The summed E-state index contributed by atoms with van der Waals surface area (Å²) in [6.07, 6.45) is 4.94. The Hall–Kier alpha value is -3.28. The highest BCUT2D eigenvalue weighted by Crippen LogP contribution is 2.23. The van der Waals surface area contributed by atoms with Gasteiger partial charge in [-0.1, -0.05) is 18.2 Å². The Bertz CT molecular complexity index is 930. The second kappa shape index (κ2) is 11.5. The van der Waals surface area contributed by atoms with Crippen molar-refractivity contribution in [3.05, 3.63) is 72.3 Å². The molecular weight excluding hydrogens is 416 g/mol. The molecule has 1 aliphatic heterocycles. The van der Waals surface area contributed by atoms with Gasteiger partial charge in [0.05, 0.1) is 7.11 Å². The number of ether oxygens (including phenoxy) is 2. The second-order valence-corrected chi connectivity index (χ2v) is 8.57. The molecule has 1 heterocycles. The number of hydrogen-bond acceptors (Lipinski definition) is 4. The molecule has 2 unspecified atom stereocenters. The summed E-state index contributed by atoms with van der Waals surface area (Å²) in [6.45, 7) is 8.87. The largest absolute Gasteiger partial charge is 0.497 e. The number of amides is 2. The van der Waals surface area contributed by atoms with E-state index in [9.17, 15) is 9.59 Å². The maximum Gasteiger partial charge on any atom is 0.260 e. The van der Waals surface area contributed by atoms with Crippen LogP contribution in [0.2, 0.25) is 0 Å². The highest BCUT2D eigenvalue weighted by molar-refractivity contribution is 5.94. The van der Waals surface area contributed by atoms with Gasteiger partial charge in [0.15, 0.2) is 6.61 Å². The number of carbonyl (C=O) groups excluding carboxylic acids is 2. The molecule has 0 aliphatic carbocycles. The number of piperidine rings is 1. The average Bonchev–Trinajstić information content (AvgIpc) is 2.82. The molecular formula is C27H34N2O4. The fourth-order valence-electron chi connectivity index (χ4n) is 4.34. The van der Waals surface area contributed by atoms with Crippen molar-refractivity contribution >= 4 is 11.8 Å². The fourth-order valence-corrected chi connectivity index (χ4v) is 4.34. The number of hydrogen-bond donors (Lipinski definition) is 0. The van der Waals surface area contributed by atoms with Crippen LogP contribution in [0.25, 0.3) is 0 Å². The molecule has 2 aromatic carbocycles. The van der Waals surface area contributed by atoms with Gasteiger partial charge in [0.2, 0.25) is 0 Å². The lowest BCUT2D eigenvalue weighted by atomic mass is 9.97. The quantitative estimate of drug-likeness (QED) is 0.520. The van der Waals surface area contributed by atoms with Gasteiger partial charge in [0, 0.05) is 30.7 Å². The van der Waals surface area contributed by atoms with E-state index >= 15 is 0 Å². The summed E-state index contributed by atoms with van der Waals surface area (Å²) < 4.78 is 10.9. The van der Waals surface area contributed by atoms with Crippen LogP contribution >= 0.6 is 0 Å². The third-order valence-corrected chi connectivity index (χ3v) is 6.11. The zero-order valence-electron chi connectivity index (χ0n) is 19.8. The van der Waals surface area contributed by atoms with Crippen LogP contribution in [0.15, 0.2) is 61.2 Å². The van der Waals surface area contributed by atoms with Crippen LogP contribution in [0, 0.1) is 0 Å². The van der Waals surface area contributed by atoms with Crippen LogP contribution in [-0.4, -0.2) is 54.0 Å². The first-order valence-corrected chi connectivity index (χ1v) is 11.5. The molecule has 3 rings (SSSR count). The molecule has 33 heavy (non-hydrogen) atoms. The lowest BCUT2D eigenvalue weighted by Crippen LogP contribution is -2.49. The molecule has 1 aliphatic rings. The summed E-state index contributed by atoms with van der Waals surface area (Å²) in [4.78, 5) is 29.4. The minimum atomic E-state index is -0.0932. The predicted molar refractivity (Wildman–Crippen MR) is 129 cm³/mol. The SMILES string of the molecule is C=CCN(Cc1ccc(OC)cc1)C(=O)c1ccc(OCC(=O)N2C(C)CCCC2C)cc1. The van der Waals surface area contributed by atoms with Gasteiger partial charge in [0.1, 0.15) is 11.5 Å². The van der Waals surface area contributed by atoms with E-state index in [-0.39, 0.29) is 30.5 Å². The van der Waals surface area contributed by atoms with Crippen LogP contribution in [0.5, 0.6) is 11.5 Å². The van der Waals surface area contributed by atoms with Crippen LogP contribution in [0.3, 0.4) is 0 Å². The first-order valence-electron chi connectivity index (χ1n) is 11.5. The van der Waals surface area contributed by atoms with Crippen molar-refractivity contribution in [2.45, 2.75) is 51.7 Å². The van der Waals surface area contributed by atoms with E-state index in [1.807, 2.05) is 29.2 Å². The van der Waals surface area contributed by atoms with Gasteiger partial charge in [0.25, 0.3) is 11.8 Å². The number of likely N-dealkylation sites (tertiary alicyclic amines) is 1. The number of carbonyl (C=O) groups is 2. The third-order valence-electron chi connectivity index (χ3n) is 6.11. The highest BCUT2D eigenvalue weighted by atomic mass is 16.5. The maximum atomic E-state index is 13.1. The standard InChI is InChI=1S/C27H34N2O4/c1-5-17-28(18-22-9-13-24(32-4)14-10-22)27(31)23-11-15-25(16-12-23)33-19-26(30)29-20(2)7-6-8-21(29)3/h5,9-16,20-21H,1,6-8,17-19H2,2-4H3. The lowest BCUT2D eigenvalue weighted by molar-refractivity contribution is -0.139. The molecule has 0 radical (unpaired) electrons. The fraction of sp³-hybridized carbons (Fsp3) is 0.407. The van der Waals surface area contributed by atoms with Crippen LogP contribution in [-0.2, 0) is 11.3 Å². The van der Waals surface area contributed by atoms with Crippen LogP contribution in [0.4, 0.5) is 0 Å². The van der Waals surface area contributed by atoms with E-state index < -0.39 is 0 Å². The van der Waals surface area contributed by atoms with E-state index in [0.29, 0.717) is 24.4 Å². The first-order chi connectivity index (χ1) is 15.9. The van der Waals surface area contributed by atoms with E-state index in [2.05, 4.69) is 20.4 Å². The Labute approximate surface area is 196 Å². The summed E-state index contributed by atoms with van der Waals surface area (Å²) >= 11 is 0. The zero-order valence-corrected chi connectivity index (χ0v) is 19.8. The Kier molecular flexibility index (Phi) is 8.52. The molecule has 0 saturated carbocycles. The molecule has 6 nitrogen and oxygen atoms in total. The molecule has 176 valence electrons. The minimum Gasteiger partial charge on any atom is -0.497 e. The summed E-state index contributed by atoms with van der Waals surface area (Å²) in [6, 6.07) is 15.1. The summed E-state index contributed by atoms with van der Waals surface area (Å²) in [5.41, 5.74) is 1.56. The zero-order chi connectivity index (χ0) is 23.8. The van der Waals surface area contributed by atoms with E-state index in [0.717, 1.165) is 30.6 Å². The maximum absolute atomic E-state index is 13.1. The van der Waals surface area contributed by atoms with E-state index in [1.54, 1.807) is 42.4 Å². The second-order valence-electron chi connectivity index (χ2n) is 8.57. The van der Waals surface area contributed by atoms with Gasteiger partial charge < -0.3 is 19.3 Å². The lowest BCUT2D eigenvalue weighted by Gasteiger charge is -2.38. The molecule has 2 amide bonds. The third kappa shape index (κ3) is 6.37. The molecule has 0 aromatic heterocycles. The Morgan fingerprint density at radius 1 is 1.03 bits per heavy atom. The van der Waals surface area contributed by atoms with Gasteiger partial charge in [-0.25, -0.2) is 0 Å². The molecule has 0 bridgehead atoms. The number of benzene rings is 2. The van der Waals surface area contributed by atoms with Gasteiger partial charge in [-0.05, 0) is 75.1 Å². The molecule has 1 fully saturated rings. The van der Waals surface area contributed by atoms with Crippen molar-refractivity contribution in [2.75, 3.05) is 20.3 Å². The number of rotatable bonds is 9. The van der Waals surface area contributed by atoms with Crippen molar-refractivity contribution in [3.8, 4) is 11.5 Å². The van der Waals surface area contributed by atoms with Crippen molar-refractivity contribution in [1.29, 1.82) is 0 Å². The van der Waals surface area contributed by atoms with Crippen molar-refractivity contribution in [1.82, 2.24) is 9.80 Å². The smallest absolute Gasteiger partial charge is 0.260 e. The number of methoxy groups -OCH3 is 1. The van der Waals surface area contributed by atoms with Crippen molar-refractivity contribution in [3.63, 3.8) is 0 Å². The average molecular weight is 451 g/mol. The van der Waals surface area contributed by atoms with Gasteiger partial charge in [-0.15, -0.1) is 6.58 Å². The first kappa shape index (κ1) is 24.4. The Balaban J connectivity index is 1.60. The summed E-state index contributed by atoms with van der Waals surface area (Å²) in [7, 11) is 1.63. The Morgan fingerprint density at radius 2 is 1.64 bits per heavy atom. The minimum absolute atomic E-state index is 0.00202. The van der Waals surface area contributed by atoms with E-state index in [4.69, 9.17) is 9.47 Å². The monoisotopic (exact) mass is 450 g/mol. The van der Waals surface area contributed by atoms with Crippen molar-refractivity contribution < 1.29 is 19.1 Å². The molecule has 0 N–H and O–H groups in total. The molecule has 0 spiro atoms. The topological polar surface area (TPSA) is 59.1 Å². The van der Waals surface area contributed by atoms with E-state index in [1.165, 1.54) is 0 Å². The highest BCUT2D eigenvalue weighted by Gasteiger charge is 2.29. The molecule has 2 aromatic rings. The van der Waals surface area contributed by atoms with Crippen molar-refractivity contribution in [2.24, 2.45) is 0 Å². The molecule has 6 heteroatoms. The summed E-state index contributed by atoms with van der Waals surface area (Å²) in [5.74, 6) is 1.26. The number of nitrogens with zero attached hydrogens (tertiary/aromatic N) is 2. The predicted octanol–water partition coefficient (Wildman–Crippen LogP) is 4.69. The summed E-state index contributed by atoms with van der Waals surface area (Å²) in [5, 5.41) is 0. The molecule has 1 saturated heterocycles. The Morgan fingerprint density at radius 3 is 2.21 bits per heavy atom. The van der Waals surface area contributed by atoms with Gasteiger partial charge in [-0.3, -0.25) is 9.59 Å². The van der Waals surface area contributed by atoms with Gasteiger partial charge >= 0.3 is 0 Å². The molecule has 2 atom stereocenters. The van der Waals surface area contributed by atoms with Crippen LogP contribution in [0.1, 0.15) is 49.0 Å². The normalized spacial score (nSPS) is 17.8.